The molecule has 0 aliphatic carbocycles. The summed E-state index contributed by atoms with van der Waals surface area (Å²) in [4.78, 5) is 12.6. The molecule has 0 aliphatic rings. The molecule has 25 heavy (non-hydrogen) atoms. The second-order valence-electron chi connectivity index (χ2n) is 5.97. The van der Waals surface area contributed by atoms with E-state index in [1.807, 2.05) is 56.5 Å². The van der Waals surface area contributed by atoms with Crippen molar-refractivity contribution in [2.24, 2.45) is 0 Å². The monoisotopic (exact) mass is 355 g/mol. The molecular formula is C19H21N3O2S. The molecule has 5 nitrogen and oxygen atoms in total. The molecule has 0 unspecified atom stereocenters. The third-order valence-electron chi connectivity index (χ3n) is 4.16. The molecule has 0 saturated carbocycles. The average molecular weight is 355 g/mol. The number of carbonyl (C=O) groups is 1. The van der Waals surface area contributed by atoms with Gasteiger partial charge in [0.1, 0.15) is 5.76 Å². The van der Waals surface area contributed by atoms with Crippen LogP contribution in [0.2, 0.25) is 0 Å². The van der Waals surface area contributed by atoms with Crippen LogP contribution in [0.15, 0.2) is 40.1 Å². The second-order valence-corrected chi connectivity index (χ2v) is 6.91. The van der Waals surface area contributed by atoms with Gasteiger partial charge in [0, 0.05) is 12.1 Å². The summed E-state index contributed by atoms with van der Waals surface area (Å²) in [6.07, 6.45) is 1.65. The van der Waals surface area contributed by atoms with Crippen molar-refractivity contribution >= 4 is 17.5 Å². The van der Waals surface area contributed by atoms with Gasteiger partial charge in [-0.1, -0.05) is 29.5 Å². The van der Waals surface area contributed by atoms with Crippen LogP contribution in [0.3, 0.4) is 0 Å². The minimum Gasteiger partial charge on any atom is -0.469 e. The Morgan fingerprint density at radius 2 is 2.00 bits per heavy atom. The fourth-order valence-corrected chi connectivity index (χ4v) is 3.63. The number of hydrogen-bond donors (Lipinski definition) is 0. The lowest BCUT2D eigenvalue weighted by Crippen LogP contribution is -2.07. The molecule has 0 radical (unpaired) electrons. The minimum atomic E-state index is 0.109. The molecule has 130 valence electrons. The third-order valence-corrected chi connectivity index (χ3v) is 5.13. The molecule has 2 heterocycles. The molecule has 0 N–H and O–H groups in total. The smallest absolute Gasteiger partial charge is 0.191 e. The van der Waals surface area contributed by atoms with E-state index in [1.54, 1.807) is 6.26 Å². The summed E-state index contributed by atoms with van der Waals surface area (Å²) in [7, 11) is 0. The highest BCUT2D eigenvalue weighted by Gasteiger charge is 2.18. The van der Waals surface area contributed by atoms with E-state index in [9.17, 15) is 4.79 Å². The van der Waals surface area contributed by atoms with Crippen LogP contribution in [0.5, 0.6) is 0 Å². The van der Waals surface area contributed by atoms with Gasteiger partial charge in [-0.2, -0.15) is 0 Å². The first-order valence-electron chi connectivity index (χ1n) is 8.22. The van der Waals surface area contributed by atoms with Crippen molar-refractivity contribution in [2.75, 3.05) is 5.75 Å². The highest BCUT2D eigenvalue weighted by Crippen LogP contribution is 2.27. The number of furan rings is 1. The largest absolute Gasteiger partial charge is 0.469 e. The van der Waals surface area contributed by atoms with E-state index in [-0.39, 0.29) is 5.78 Å². The summed E-state index contributed by atoms with van der Waals surface area (Å²) in [6, 6.07) is 7.85. The summed E-state index contributed by atoms with van der Waals surface area (Å²) in [6.45, 7) is 8.63. The van der Waals surface area contributed by atoms with Crippen molar-refractivity contribution in [3.63, 3.8) is 0 Å². The van der Waals surface area contributed by atoms with Crippen molar-refractivity contribution in [2.45, 2.75) is 39.4 Å². The topological polar surface area (TPSA) is 60.9 Å². The van der Waals surface area contributed by atoms with Crippen LogP contribution < -0.4 is 0 Å². The van der Waals surface area contributed by atoms with Gasteiger partial charge in [0.25, 0.3) is 0 Å². The van der Waals surface area contributed by atoms with Crippen molar-refractivity contribution in [1.82, 2.24) is 14.8 Å². The molecule has 0 bridgehead atoms. The highest BCUT2D eigenvalue weighted by atomic mass is 32.2. The summed E-state index contributed by atoms with van der Waals surface area (Å²) in [5.74, 6) is 2.03. The molecule has 6 heteroatoms. The molecule has 3 rings (SSSR count). The molecule has 0 spiro atoms. The van der Waals surface area contributed by atoms with Gasteiger partial charge in [0.05, 0.1) is 17.6 Å². The zero-order valence-electron chi connectivity index (χ0n) is 14.9. The normalized spacial score (nSPS) is 11.0. The number of aryl methyl sites for hydroxylation is 3. The second kappa shape index (κ2) is 7.27. The lowest BCUT2D eigenvalue weighted by atomic mass is 10.0. The quantitative estimate of drug-likeness (QED) is 0.483. The first kappa shape index (κ1) is 17.5. The van der Waals surface area contributed by atoms with Gasteiger partial charge in [-0.25, -0.2) is 0 Å². The van der Waals surface area contributed by atoms with E-state index in [0.717, 1.165) is 45.5 Å². The molecular weight excluding hydrogens is 334 g/mol. The number of benzene rings is 1. The van der Waals surface area contributed by atoms with Crippen molar-refractivity contribution in [3.05, 3.63) is 53.0 Å². The van der Waals surface area contributed by atoms with Gasteiger partial charge >= 0.3 is 0 Å². The minimum absolute atomic E-state index is 0.109. The molecule has 2 aromatic heterocycles. The van der Waals surface area contributed by atoms with E-state index < -0.39 is 0 Å². The predicted molar refractivity (Wildman–Crippen MR) is 99.1 cm³/mol. The van der Waals surface area contributed by atoms with E-state index in [2.05, 4.69) is 10.2 Å². The molecule has 0 saturated heterocycles. The van der Waals surface area contributed by atoms with Gasteiger partial charge in [0.15, 0.2) is 16.8 Å². The van der Waals surface area contributed by atoms with Gasteiger partial charge in [-0.05, 0) is 45.4 Å². The van der Waals surface area contributed by atoms with Crippen LogP contribution >= 0.6 is 11.8 Å². The van der Waals surface area contributed by atoms with Crippen molar-refractivity contribution in [3.8, 4) is 11.4 Å². The highest BCUT2D eigenvalue weighted by molar-refractivity contribution is 7.99. The predicted octanol–water partition coefficient (Wildman–Crippen LogP) is 4.46. The molecule has 1 aromatic carbocycles. The Bertz CT molecular complexity index is 911. The third kappa shape index (κ3) is 3.54. The van der Waals surface area contributed by atoms with Gasteiger partial charge in [-0.3, -0.25) is 4.79 Å². The van der Waals surface area contributed by atoms with Crippen LogP contribution in [0.25, 0.3) is 11.4 Å². The van der Waals surface area contributed by atoms with Gasteiger partial charge < -0.3 is 8.98 Å². The number of carbonyl (C=O) groups excluding carboxylic acids is 1. The van der Waals surface area contributed by atoms with Crippen molar-refractivity contribution < 1.29 is 9.21 Å². The fraction of sp³-hybridized carbons (Fsp3) is 0.316. The Labute approximate surface area is 151 Å². The maximum atomic E-state index is 12.6. The lowest BCUT2D eigenvalue weighted by Gasteiger charge is -2.08. The molecule has 0 fully saturated rings. The Hall–Kier alpha value is -2.34. The van der Waals surface area contributed by atoms with Crippen LogP contribution in [-0.4, -0.2) is 26.3 Å². The molecule has 0 amide bonds. The summed E-state index contributed by atoms with van der Waals surface area (Å²) < 4.78 is 7.38. The zero-order valence-corrected chi connectivity index (χ0v) is 15.7. The fourth-order valence-electron chi connectivity index (χ4n) is 2.74. The average Bonchev–Trinajstić information content (AvgIpc) is 3.19. The Morgan fingerprint density at radius 1 is 1.20 bits per heavy atom. The summed E-state index contributed by atoms with van der Waals surface area (Å²) in [5, 5.41) is 9.31. The van der Waals surface area contributed by atoms with Gasteiger partial charge in [-0.15, -0.1) is 10.2 Å². The molecule has 0 atom stereocenters. The number of hydrogen-bond acceptors (Lipinski definition) is 5. The maximum Gasteiger partial charge on any atom is 0.191 e. The van der Waals surface area contributed by atoms with Crippen LogP contribution in [0.1, 0.15) is 34.2 Å². The van der Waals surface area contributed by atoms with E-state index >= 15 is 0 Å². The maximum absolute atomic E-state index is 12.6. The first-order chi connectivity index (χ1) is 12.0. The van der Waals surface area contributed by atoms with E-state index in [0.29, 0.717) is 5.75 Å². The molecule has 3 aromatic rings. The number of Topliss-reactive ketones (excluding diaryl/α,β-unsaturated/α-hetero) is 1. The number of nitrogens with zero attached hydrogens (tertiary/aromatic N) is 3. The lowest BCUT2D eigenvalue weighted by molar-refractivity contribution is 0.102. The number of rotatable bonds is 6. The van der Waals surface area contributed by atoms with Crippen LogP contribution in [-0.2, 0) is 6.54 Å². The molecule has 0 aliphatic heterocycles. The van der Waals surface area contributed by atoms with Gasteiger partial charge in [0.2, 0.25) is 0 Å². The number of aromatic nitrogens is 3. The zero-order chi connectivity index (χ0) is 18.0. The summed E-state index contributed by atoms with van der Waals surface area (Å²) in [5.41, 5.74) is 3.80. The standard InChI is InChI=1S/C19H21N3O2S/c1-5-22-18(15-8-9-24-14(15)4)20-21-19(22)25-11-17(23)16-10-12(2)6-7-13(16)3/h6-10H,5,11H2,1-4H3. The number of ketones is 1. The van der Waals surface area contributed by atoms with E-state index in [4.69, 9.17) is 4.42 Å². The van der Waals surface area contributed by atoms with Crippen LogP contribution in [0, 0.1) is 20.8 Å². The SMILES string of the molecule is CCn1c(SCC(=O)c2cc(C)ccc2C)nnc1-c1ccoc1C. The Kier molecular flexibility index (Phi) is 5.08. The number of thioether (sulfide) groups is 1. The van der Waals surface area contributed by atoms with Crippen LogP contribution in [0.4, 0.5) is 0 Å². The van der Waals surface area contributed by atoms with Crippen molar-refractivity contribution in [1.29, 1.82) is 0 Å². The van der Waals surface area contributed by atoms with E-state index in [1.165, 1.54) is 11.8 Å². The Morgan fingerprint density at radius 3 is 2.68 bits per heavy atom. The summed E-state index contributed by atoms with van der Waals surface area (Å²) >= 11 is 1.42. The Balaban J connectivity index is 1.80. The first-order valence-corrected chi connectivity index (χ1v) is 9.20.